The Bertz CT molecular complexity index is 1270. The maximum atomic E-state index is 6.43. The monoisotopic (exact) mass is 453 g/mol. The van der Waals surface area contributed by atoms with E-state index in [9.17, 15) is 0 Å². The van der Waals surface area contributed by atoms with Gasteiger partial charge < -0.3 is 16.5 Å². The molecule has 34 heavy (non-hydrogen) atoms. The summed E-state index contributed by atoms with van der Waals surface area (Å²) in [6, 6.07) is 14.2. The lowest BCUT2D eigenvalue weighted by atomic mass is 9.83. The Morgan fingerprint density at radius 1 is 0.853 bits per heavy atom. The molecule has 1 aliphatic rings. The second-order valence-electron chi connectivity index (χ2n) is 11.3. The first-order valence-corrected chi connectivity index (χ1v) is 11.8. The van der Waals surface area contributed by atoms with Crippen LogP contribution in [0.1, 0.15) is 70.1 Å². The molecule has 0 amide bonds. The summed E-state index contributed by atoms with van der Waals surface area (Å²) in [6.45, 7) is 12.8. The lowest BCUT2D eigenvalue weighted by Gasteiger charge is -2.27. The maximum absolute atomic E-state index is 6.43. The van der Waals surface area contributed by atoms with Crippen LogP contribution in [0, 0.1) is 22.7 Å². The molecule has 0 saturated heterocycles. The van der Waals surface area contributed by atoms with E-state index < -0.39 is 0 Å². The lowest BCUT2D eigenvalue weighted by Crippen LogP contribution is -2.42. The van der Waals surface area contributed by atoms with Crippen molar-refractivity contribution in [3.63, 3.8) is 0 Å². The van der Waals surface area contributed by atoms with Crippen LogP contribution in [0.25, 0.3) is 11.3 Å². The second kappa shape index (κ2) is 8.87. The summed E-state index contributed by atoms with van der Waals surface area (Å²) in [5, 5.41) is 0. The first-order valence-electron chi connectivity index (χ1n) is 11.8. The van der Waals surface area contributed by atoms with E-state index in [0.717, 1.165) is 46.0 Å². The van der Waals surface area contributed by atoms with E-state index in [1.165, 1.54) is 5.56 Å². The number of aliphatic imine (C=N–C) groups is 1. The highest BCUT2D eigenvalue weighted by molar-refractivity contribution is 5.98. The fraction of sp³-hybridized carbons (Fsp3) is 0.379. The SMILES string of the molecule is CC(C)(C)[C@H](N)C1=Nc2ccc(C#Cc3ccc(-c4cnc([C@@H](N)C(C)(C)C)[nH]4)cc3)cc2C1. The molecular formula is C29H35N5. The van der Waals surface area contributed by atoms with Crippen LogP contribution in [-0.2, 0) is 6.42 Å². The van der Waals surface area contributed by atoms with Crippen molar-refractivity contribution >= 4 is 11.4 Å². The molecule has 0 saturated carbocycles. The molecule has 0 unspecified atom stereocenters. The number of nitrogens with zero attached hydrogens (tertiary/aromatic N) is 2. The van der Waals surface area contributed by atoms with Gasteiger partial charge in [0.1, 0.15) is 5.82 Å². The Morgan fingerprint density at radius 2 is 1.47 bits per heavy atom. The Labute approximate surface area is 203 Å². The molecule has 4 rings (SSSR count). The molecule has 176 valence electrons. The van der Waals surface area contributed by atoms with Crippen LogP contribution in [-0.4, -0.2) is 21.7 Å². The van der Waals surface area contributed by atoms with Gasteiger partial charge in [-0.3, -0.25) is 4.99 Å². The third kappa shape index (κ3) is 5.14. The van der Waals surface area contributed by atoms with Gasteiger partial charge in [-0.25, -0.2) is 4.98 Å². The van der Waals surface area contributed by atoms with Crippen molar-refractivity contribution in [2.45, 2.75) is 60.0 Å². The molecule has 0 bridgehead atoms. The van der Waals surface area contributed by atoms with Gasteiger partial charge in [-0.2, -0.15) is 0 Å². The molecule has 3 aromatic rings. The summed E-state index contributed by atoms with van der Waals surface area (Å²) >= 11 is 0. The number of rotatable bonds is 3. The molecule has 5 heteroatoms. The molecule has 2 heterocycles. The van der Waals surface area contributed by atoms with Gasteiger partial charge in [-0.05, 0) is 52.3 Å². The highest BCUT2D eigenvalue weighted by Gasteiger charge is 2.29. The van der Waals surface area contributed by atoms with Crippen LogP contribution in [0.4, 0.5) is 5.69 Å². The standard InChI is InChI=1S/C29H35N5/c1-28(2,3)25(30)23-16-21-15-19(11-14-22(21)33-23)8-7-18-9-12-20(13-10-18)24-17-32-27(34-24)26(31)29(4,5)6/h9-15,17,25-26H,16,30-31H2,1-6H3,(H,32,34)/t25-,26-/m1/s1. The van der Waals surface area contributed by atoms with Gasteiger partial charge in [0.15, 0.2) is 0 Å². The molecule has 0 fully saturated rings. The fourth-order valence-corrected chi connectivity index (χ4v) is 3.91. The van der Waals surface area contributed by atoms with Gasteiger partial charge in [-0.1, -0.05) is 65.5 Å². The summed E-state index contributed by atoms with van der Waals surface area (Å²) in [6.07, 6.45) is 2.64. The van der Waals surface area contributed by atoms with Gasteiger partial charge in [0, 0.05) is 29.3 Å². The summed E-state index contributed by atoms with van der Waals surface area (Å²) in [5.74, 6) is 7.37. The largest absolute Gasteiger partial charge is 0.341 e. The Hall–Kier alpha value is -3.20. The minimum Gasteiger partial charge on any atom is -0.341 e. The first-order chi connectivity index (χ1) is 15.9. The topological polar surface area (TPSA) is 93.1 Å². The van der Waals surface area contributed by atoms with Gasteiger partial charge >= 0.3 is 0 Å². The average Bonchev–Trinajstić information content (AvgIpc) is 3.42. The number of aromatic amines is 1. The number of nitrogens with one attached hydrogen (secondary N) is 1. The van der Waals surface area contributed by atoms with Crippen molar-refractivity contribution in [1.82, 2.24) is 9.97 Å². The molecule has 2 atom stereocenters. The molecule has 0 aliphatic carbocycles. The number of aromatic nitrogens is 2. The zero-order valence-electron chi connectivity index (χ0n) is 21.0. The second-order valence-corrected chi connectivity index (χ2v) is 11.3. The number of hydrogen-bond donors (Lipinski definition) is 3. The van der Waals surface area contributed by atoms with Crippen LogP contribution in [0.3, 0.4) is 0 Å². The number of H-pyrrole nitrogens is 1. The number of hydrogen-bond acceptors (Lipinski definition) is 4. The molecule has 5 nitrogen and oxygen atoms in total. The molecular weight excluding hydrogens is 418 g/mol. The van der Waals surface area contributed by atoms with Crippen LogP contribution in [0.15, 0.2) is 53.7 Å². The number of nitrogens with two attached hydrogens (primary N) is 2. The third-order valence-corrected chi connectivity index (χ3v) is 6.38. The van der Waals surface area contributed by atoms with E-state index in [4.69, 9.17) is 16.5 Å². The quantitative estimate of drug-likeness (QED) is 0.456. The van der Waals surface area contributed by atoms with Crippen LogP contribution < -0.4 is 11.5 Å². The molecule has 2 aromatic carbocycles. The molecule has 0 spiro atoms. The fourth-order valence-electron chi connectivity index (χ4n) is 3.91. The van der Waals surface area contributed by atoms with E-state index in [2.05, 4.69) is 81.6 Å². The van der Waals surface area contributed by atoms with Crippen LogP contribution >= 0.6 is 0 Å². The number of fused-ring (bicyclic) bond motifs is 1. The number of imidazole rings is 1. The third-order valence-electron chi connectivity index (χ3n) is 6.38. The zero-order chi connectivity index (χ0) is 24.7. The molecule has 0 radical (unpaired) electrons. The predicted molar refractivity (Wildman–Crippen MR) is 141 cm³/mol. The minimum atomic E-state index is -0.149. The van der Waals surface area contributed by atoms with E-state index in [0.29, 0.717) is 0 Å². The van der Waals surface area contributed by atoms with Crippen molar-refractivity contribution < 1.29 is 0 Å². The van der Waals surface area contributed by atoms with Crippen molar-refractivity contribution in [2.75, 3.05) is 0 Å². The van der Waals surface area contributed by atoms with E-state index in [1.54, 1.807) is 0 Å². The average molecular weight is 454 g/mol. The van der Waals surface area contributed by atoms with Gasteiger partial charge in [0.25, 0.3) is 0 Å². The van der Waals surface area contributed by atoms with Crippen molar-refractivity contribution in [3.05, 3.63) is 71.2 Å². The predicted octanol–water partition coefficient (Wildman–Crippen LogP) is 5.52. The summed E-state index contributed by atoms with van der Waals surface area (Å²) in [4.78, 5) is 12.6. The van der Waals surface area contributed by atoms with Gasteiger partial charge in [0.2, 0.25) is 0 Å². The molecule has 5 N–H and O–H groups in total. The first kappa shape index (κ1) is 23.9. The summed E-state index contributed by atoms with van der Waals surface area (Å²) < 4.78 is 0. The summed E-state index contributed by atoms with van der Waals surface area (Å²) in [5.41, 5.74) is 19.9. The van der Waals surface area contributed by atoms with Crippen LogP contribution in [0.2, 0.25) is 0 Å². The Morgan fingerprint density at radius 3 is 2.12 bits per heavy atom. The maximum Gasteiger partial charge on any atom is 0.124 e. The highest BCUT2D eigenvalue weighted by atomic mass is 15.0. The highest BCUT2D eigenvalue weighted by Crippen LogP contribution is 2.32. The van der Waals surface area contributed by atoms with Gasteiger partial charge in [0.05, 0.1) is 23.6 Å². The molecule has 1 aliphatic heterocycles. The van der Waals surface area contributed by atoms with E-state index >= 15 is 0 Å². The smallest absolute Gasteiger partial charge is 0.124 e. The lowest BCUT2D eigenvalue weighted by molar-refractivity contribution is 0.317. The van der Waals surface area contributed by atoms with E-state index in [-0.39, 0.29) is 22.9 Å². The normalized spacial score (nSPS) is 15.2. The molecule has 1 aromatic heterocycles. The summed E-state index contributed by atoms with van der Waals surface area (Å²) in [7, 11) is 0. The zero-order valence-corrected chi connectivity index (χ0v) is 21.0. The van der Waals surface area contributed by atoms with Crippen molar-refractivity contribution in [3.8, 4) is 23.1 Å². The minimum absolute atomic E-state index is 0.00789. The Kier molecular flexibility index (Phi) is 6.24. The van der Waals surface area contributed by atoms with Crippen LogP contribution in [0.5, 0.6) is 0 Å². The van der Waals surface area contributed by atoms with Gasteiger partial charge in [-0.15, -0.1) is 0 Å². The number of benzene rings is 2. The van der Waals surface area contributed by atoms with Crippen molar-refractivity contribution in [1.29, 1.82) is 0 Å². The van der Waals surface area contributed by atoms with Crippen molar-refractivity contribution in [2.24, 2.45) is 27.3 Å². The van der Waals surface area contributed by atoms with E-state index in [1.807, 2.05) is 30.5 Å². The Balaban J connectivity index is 1.46.